The Hall–Kier alpha value is -0.960. The highest BCUT2D eigenvalue weighted by Gasteiger charge is 2.13. The first kappa shape index (κ1) is 13.0. The molecule has 1 atom stereocenters. The molecule has 0 spiro atoms. The maximum Gasteiger partial charge on any atom is 0.156 e. The van der Waals surface area contributed by atoms with Gasteiger partial charge in [-0.15, -0.1) is 0 Å². The van der Waals surface area contributed by atoms with Crippen LogP contribution in [0.25, 0.3) is 0 Å². The van der Waals surface area contributed by atoms with Crippen LogP contribution in [0.5, 0.6) is 0 Å². The molecule has 1 nitrogen and oxygen atoms in total. The van der Waals surface area contributed by atoms with Gasteiger partial charge in [-0.3, -0.25) is 0 Å². The van der Waals surface area contributed by atoms with Gasteiger partial charge < -0.3 is 5.32 Å². The molecule has 0 aliphatic heterocycles. The van der Waals surface area contributed by atoms with E-state index in [2.05, 4.69) is 5.32 Å². The first-order valence-electron chi connectivity index (χ1n) is 4.67. The van der Waals surface area contributed by atoms with Crippen LogP contribution in [0, 0.1) is 0 Å². The second kappa shape index (κ2) is 7.44. The maximum atomic E-state index is 13.1. The van der Waals surface area contributed by atoms with Crippen molar-refractivity contribution in [2.24, 2.45) is 0 Å². The molecule has 0 aromatic heterocycles. The zero-order valence-corrected chi connectivity index (χ0v) is 8.85. The zero-order valence-electron chi connectivity index (χ0n) is 8.85. The highest BCUT2D eigenvalue weighted by molar-refractivity contribution is 5.32. The van der Waals surface area contributed by atoms with E-state index >= 15 is 0 Å². The fourth-order valence-electron chi connectivity index (χ4n) is 1.20. The van der Waals surface area contributed by atoms with Crippen LogP contribution in [0.2, 0.25) is 0 Å². The lowest BCUT2D eigenvalue weighted by Gasteiger charge is -2.15. The fraction of sp³-hybridized carbons (Fsp3) is 0.455. The quantitative estimate of drug-likeness (QED) is 0.673. The predicted molar refractivity (Wildman–Crippen MR) is 56.3 cm³/mol. The number of rotatable bonds is 5. The van der Waals surface area contributed by atoms with Crippen molar-refractivity contribution in [3.8, 4) is 0 Å². The summed E-state index contributed by atoms with van der Waals surface area (Å²) in [4.78, 5) is 0. The van der Waals surface area contributed by atoms with Crippen LogP contribution in [0.4, 0.5) is 8.78 Å². The van der Waals surface area contributed by atoms with Gasteiger partial charge in [0.05, 0.1) is 0 Å². The number of allylic oxidation sites excluding steroid dienone is 3. The summed E-state index contributed by atoms with van der Waals surface area (Å²) < 4.78 is 25.2. The fourth-order valence-corrected chi connectivity index (χ4v) is 1.20. The van der Waals surface area contributed by atoms with Gasteiger partial charge in [-0.1, -0.05) is 25.2 Å². The minimum absolute atomic E-state index is 0.00463. The Kier molecular flexibility index (Phi) is 6.93. The van der Waals surface area contributed by atoms with Crippen LogP contribution < -0.4 is 5.32 Å². The summed E-state index contributed by atoms with van der Waals surface area (Å²) in [6.45, 7) is 3.74. The lowest BCUT2D eigenvalue weighted by molar-refractivity contribution is 0.541. The third-order valence-electron chi connectivity index (χ3n) is 1.97. The molecule has 0 amide bonds. The average Bonchev–Trinajstić information content (AvgIpc) is 2.23. The molecule has 0 aliphatic rings. The number of likely N-dealkylation sites (N-methyl/N-ethyl adjacent to an activating group) is 1. The Bertz CT molecular complexity index is 238. The van der Waals surface area contributed by atoms with Gasteiger partial charge in [0.1, 0.15) is 6.33 Å². The average molecular weight is 201 g/mol. The van der Waals surface area contributed by atoms with Crippen LogP contribution in [0.3, 0.4) is 0 Å². The second-order valence-electron chi connectivity index (χ2n) is 2.85. The van der Waals surface area contributed by atoms with Crippen molar-refractivity contribution in [3.05, 3.63) is 36.0 Å². The van der Waals surface area contributed by atoms with E-state index in [1.807, 2.05) is 13.8 Å². The van der Waals surface area contributed by atoms with Crippen molar-refractivity contribution >= 4 is 0 Å². The Morgan fingerprint density at radius 3 is 2.50 bits per heavy atom. The summed E-state index contributed by atoms with van der Waals surface area (Å²) in [6, 6.07) is -0.154. The summed E-state index contributed by atoms with van der Waals surface area (Å²) in [5.41, 5.74) is 0.343. The molecular weight excluding hydrogens is 184 g/mol. The van der Waals surface area contributed by atoms with Crippen molar-refractivity contribution < 1.29 is 8.78 Å². The highest BCUT2D eigenvalue weighted by Crippen LogP contribution is 2.18. The van der Waals surface area contributed by atoms with Crippen molar-refractivity contribution in [2.45, 2.75) is 26.3 Å². The third kappa shape index (κ3) is 3.83. The Balaban J connectivity index is 4.88. The lowest BCUT2D eigenvalue weighted by Crippen LogP contribution is -2.26. The summed E-state index contributed by atoms with van der Waals surface area (Å²) in [5, 5.41) is 2.93. The van der Waals surface area contributed by atoms with Gasteiger partial charge in [-0.25, -0.2) is 8.78 Å². The van der Waals surface area contributed by atoms with E-state index in [0.717, 1.165) is 0 Å². The highest BCUT2D eigenvalue weighted by atomic mass is 19.2. The van der Waals surface area contributed by atoms with Crippen molar-refractivity contribution in [2.75, 3.05) is 7.05 Å². The molecule has 0 rings (SSSR count). The molecule has 0 saturated heterocycles. The first-order chi connectivity index (χ1) is 6.71. The standard InChI is InChI=1S/C11H17F2N/c1-4-6-7-9(10(13)8-12)11(5-2)14-3/h4,6-8,11,14H,5H2,1-3H3/b6-4-,9-7+,10-8-. The topological polar surface area (TPSA) is 12.0 Å². The van der Waals surface area contributed by atoms with Crippen molar-refractivity contribution in [1.82, 2.24) is 5.32 Å². The molecule has 0 bridgehead atoms. The molecule has 1 N–H and O–H groups in total. The third-order valence-corrected chi connectivity index (χ3v) is 1.97. The molecule has 3 heteroatoms. The van der Waals surface area contributed by atoms with E-state index in [-0.39, 0.29) is 12.4 Å². The lowest BCUT2D eigenvalue weighted by atomic mass is 10.0. The molecule has 0 fully saturated rings. The van der Waals surface area contributed by atoms with E-state index < -0.39 is 5.83 Å². The smallest absolute Gasteiger partial charge is 0.156 e. The van der Waals surface area contributed by atoms with Gasteiger partial charge >= 0.3 is 0 Å². The van der Waals surface area contributed by atoms with E-state index in [0.29, 0.717) is 12.0 Å². The maximum absolute atomic E-state index is 13.1. The first-order valence-corrected chi connectivity index (χ1v) is 4.67. The van der Waals surface area contributed by atoms with Crippen LogP contribution >= 0.6 is 0 Å². The number of hydrogen-bond acceptors (Lipinski definition) is 1. The normalized spacial score (nSPS) is 16.4. The summed E-state index contributed by atoms with van der Waals surface area (Å²) >= 11 is 0. The summed E-state index contributed by atoms with van der Waals surface area (Å²) in [6.07, 6.45) is 5.75. The van der Waals surface area contributed by atoms with Gasteiger partial charge in [-0.05, 0) is 20.4 Å². The molecule has 80 valence electrons. The van der Waals surface area contributed by atoms with Crippen molar-refractivity contribution in [1.29, 1.82) is 0 Å². The molecule has 0 saturated carbocycles. The van der Waals surface area contributed by atoms with Crippen LogP contribution in [0.1, 0.15) is 20.3 Å². The minimum atomic E-state index is -0.815. The number of nitrogens with one attached hydrogen (secondary N) is 1. The predicted octanol–water partition coefficient (Wildman–Crippen LogP) is 3.27. The Morgan fingerprint density at radius 1 is 1.50 bits per heavy atom. The Morgan fingerprint density at radius 2 is 2.14 bits per heavy atom. The van der Waals surface area contributed by atoms with E-state index in [9.17, 15) is 8.78 Å². The molecule has 0 aromatic rings. The summed E-state index contributed by atoms with van der Waals surface area (Å²) in [5.74, 6) is -0.815. The SMILES string of the molecule is C\C=C/C=C(\C(F)=C\F)C(CC)NC. The minimum Gasteiger partial charge on any atom is -0.313 e. The number of halogens is 2. The monoisotopic (exact) mass is 201 g/mol. The van der Waals surface area contributed by atoms with Crippen LogP contribution in [-0.2, 0) is 0 Å². The summed E-state index contributed by atoms with van der Waals surface area (Å²) in [7, 11) is 1.73. The van der Waals surface area contributed by atoms with Gasteiger partial charge in [0.2, 0.25) is 0 Å². The molecule has 1 unspecified atom stereocenters. The van der Waals surface area contributed by atoms with Crippen molar-refractivity contribution in [3.63, 3.8) is 0 Å². The molecule has 0 aliphatic carbocycles. The largest absolute Gasteiger partial charge is 0.313 e. The molecule has 14 heavy (non-hydrogen) atoms. The zero-order chi connectivity index (χ0) is 11.0. The molecule has 0 heterocycles. The van der Waals surface area contributed by atoms with Gasteiger partial charge in [-0.2, -0.15) is 0 Å². The van der Waals surface area contributed by atoms with Crippen LogP contribution in [0.15, 0.2) is 36.0 Å². The molecule has 0 radical (unpaired) electrons. The van der Waals surface area contributed by atoms with E-state index in [1.165, 1.54) is 0 Å². The van der Waals surface area contributed by atoms with Gasteiger partial charge in [0.25, 0.3) is 0 Å². The van der Waals surface area contributed by atoms with Gasteiger partial charge in [0, 0.05) is 11.6 Å². The molecule has 0 aromatic carbocycles. The Labute approximate surface area is 84.2 Å². The van der Waals surface area contributed by atoms with Gasteiger partial charge in [0.15, 0.2) is 5.83 Å². The second-order valence-corrected chi connectivity index (χ2v) is 2.85. The van der Waals surface area contributed by atoms with Crippen LogP contribution in [-0.4, -0.2) is 13.1 Å². The van der Waals surface area contributed by atoms with E-state index in [1.54, 1.807) is 25.3 Å². The van der Waals surface area contributed by atoms with E-state index in [4.69, 9.17) is 0 Å². The number of hydrogen-bond donors (Lipinski definition) is 1. The molecular formula is C11H17F2N.